The van der Waals surface area contributed by atoms with Crippen molar-refractivity contribution in [1.82, 2.24) is 0 Å². The summed E-state index contributed by atoms with van der Waals surface area (Å²) in [6.07, 6.45) is 0.791. The fraction of sp³-hybridized carbons (Fsp3) is 1.00. The largest absolute Gasteiger partial charge is 0.394 e. The lowest BCUT2D eigenvalue weighted by atomic mass is 10.3. The molecule has 2 N–H and O–H groups in total. The first-order valence-corrected chi connectivity index (χ1v) is 10.8. The Bertz CT molecular complexity index is 370. The van der Waals surface area contributed by atoms with Crippen LogP contribution in [0.25, 0.3) is 0 Å². The molecule has 1 saturated heterocycles. The van der Waals surface area contributed by atoms with Gasteiger partial charge in [-0.1, -0.05) is 0 Å². The smallest absolute Gasteiger partial charge is 0.163 e. The average Bonchev–Trinajstić information content (AvgIpc) is 3.10. The maximum absolute atomic E-state index is 8.95. The molecule has 0 aromatic rings. The fourth-order valence-electron chi connectivity index (χ4n) is 2.36. The van der Waals surface area contributed by atoms with Crippen LogP contribution >= 0.6 is 0 Å². The lowest BCUT2D eigenvalue weighted by Gasteiger charge is -2.17. The molecule has 2 atom stereocenters. The topological polar surface area (TPSA) is 114 Å². The molecule has 31 heavy (non-hydrogen) atoms. The Morgan fingerprint density at radius 2 is 1.29 bits per heavy atom. The van der Waals surface area contributed by atoms with Gasteiger partial charge in [-0.05, 0) is 26.7 Å². The summed E-state index contributed by atoms with van der Waals surface area (Å²) < 4.78 is 41.8. The van der Waals surface area contributed by atoms with Crippen LogP contribution < -0.4 is 0 Å². The Kier molecular flexibility index (Phi) is 21.2. The van der Waals surface area contributed by atoms with Crippen LogP contribution in [0.2, 0.25) is 0 Å². The quantitative estimate of drug-likeness (QED) is 0.268. The zero-order valence-corrected chi connectivity index (χ0v) is 19.7. The molecule has 0 radical (unpaired) electrons. The molecule has 0 amide bonds. The molecule has 1 aliphatic rings. The highest BCUT2D eigenvalue weighted by Crippen LogP contribution is 2.23. The van der Waals surface area contributed by atoms with E-state index in [4.69, 9.17) is 48.1 Å². The SMILES string of the molecule is COCCOCCOCCC(O)CO.COCCOCCOCCC1COC(C)(C)O1. The van der Waals surface area contributed by atoms with Gasteiger partial charge in [0, 0.05) is 27.4 Å². The van der Waals surface area contributed by atoms with Crippen molar-refractivity contribution in [3.8, 4) is 0 Å². The van der Waals surface area contributed by atoms with Gasteiger partial charge in [0.1, 0.15) is 0 Å². The zero-order chi connectivity index (χ0) is 23.2. The molecule has 1 aliphatic heterocycles. The summed E-state index contributed by atoms with van der Waals surface area (Å²) in [5, 5.41) is 17.4. The summed E-state index contributed by atoms with van der Waals surface area (Å²) in [5.74, 6) is -0.437. The molecule has 0 aliphatic carbocycles. The van der Waals surface area contributed by atoms with Crippen molar-refractivity contribution in [3.05, 3.63) is 0 Å². The van der Waals surface area contributed by atoms with E-state index in [1.54, 1.807) is 14.2 Å². The average molecular weight is 457 g/mol. The minimum absolute atomic E-state index is 0.152. The molecule has 1 fully saturated rings. The molecule has 2 unspecified atom stereocenters. The Balaban J connectivity index is 0.000000594. The molecular formula is C21H44O10. The van der Waals surface area contributed by atoms with Gasteiger partial charge in [-0.3, -0.25) is 0 Å². The summed E-state index contributed by atoms with van der Waals surface area (Å²) in [4.78, 5) is 0. The molecule has 0 aromatic heterocycles. The van der Waals surface area contributed by atoms with Crippen LogP contribution in [0.1, 0.15) is 26.7 Å². The summed E-state index contributed by atoms with van der Waals surface area (Å²) in [7, 11) is 3.28. The molecule has 0 aromatic carbocycles. The van der Waals surface area contributed by atoms with Gasteiger partial charge in [0.05, 0.1) is 78.3 Å². The molecule has 10 nitrogen and oxygen atoms in total. The van der Waals surface area contributed by atoms with E-state index in [9.17, 15) is 0 Å². The maximum atomic E-state index is 8.95. The van der Waals surface area contributed by atoms with E-state index in [-0.39, 0.29) is 12.7 Å². The maximum Gasteiger partial charge on any atom is 0.163 e. The summed E-state index contributed by atoms with van der Waals surface area (Å²) >= 11 is 0. The number of rotatable bonds is 19. The molecular weight excluding hydrogens is 412 g/mol. The predicted octanol–water partition coefficient (Wildman–Crippen LogP) is 0.617. The van der Waals surface area contributed by atoms with Crippen molar-refractivity contribution in [2.75, 3.05) is 93.5 Å². The standard InChI is InChI=1S/C12H24O5.C9H20O5/c1-12(2)16-10-11(17-12)4-5-14-8-9-15-7-6-13-3;1-12-4-5-14-7-6-13-3-2-9(11)8-10/h11H,4-10H2,1-3H3;9-11H,2-8H2,1H3. The van der Waals surface area contributed by atoms with E-state index in [2.05, 4.69) is 0 Å². The van der Waals surface area contributed by atoms with E-state index < -0.39 is 11.9 Å². The van der Waals surface area contributed by atoms with E-state index in [1.807, 2.05) is 13.8 Å². The highest BCUT2D eigenvalue weighted by molar-refractivity contribution is 4.70. The van der Waals surface area contributed by atoms with E-state index in [1.165, 1.54) is 0 Å². The van der Waals surface area contributed by atoms with Gasteiger partial charge >= 0.3 is 0 Å². The van der Waals surface area contributed by atoms with E-state index in [0.29, 0.717) is 79.1 Å². The first-order valence-electron chi connectivity index (χ1n) is 10.8. The van der Waals surface area contributed by atoms with Crippen LogP contribution in [0.3, 0.4) is 0 Å². The van der Waals surface area contributed by atoms with Gasteiger partial charge < -0.3 is 48.1 Å². The van der Waals surface area contributed by atoms with Crippen LogP contribution in [-0.4, -0.2) is 122 Å². The van der Waals surface area contributed by atoms with Crippen LogP contribution in [0.5, 0.6) is 0 Å². The Morgan fingerprint density at radius 3 is 1.74 bits per heavy atom. The normalized spacial score (nSPS) is 18.6. The second-order valence-electron chi connectivity index (χ2n) is 7.30. The van der Waals surface area contributed by atoms with Crippen molar-refractivity contribution in [2.45, 2.75) is 44.7 Å². The van der Waals surface area contributed by atoms with Gasteiger partial charge in [-0.2, -0.15) is 0 Å². The van der Waals surface area contributed by atoms with E-state index >= 15 is 0 Å². The van der Waals surface area contributed by atoms with Gasteiger partial charge in [-0.15, -0.1) is 0 Å². The highest BCUT2D eigenvalue weighted by Gasteiger charge is 2.32. The summed E-state index contributed by atoms with van der Waals surface area (Å²) in [6.45, 7) is 10.1. The van der Waals surface area contributed by atoms with Crippen LogP contribution in [0.4, 0.5) is 0 Å². The fourth-order valence-corrected chi connectivity index (χ4v) is 2.36. The number of ether oxygens (including phenoxy) is 8. The Hall–Kier alpha value is -0.400. The van der Waals surface area contributed by atoms with Crippen molar-refractivity contribution in [2.24, 2.45) is 0 Å². The number of aliphatic hydroxyl groups is 2. The summed E-state index contributed by atoms with van der Waals surface area (Å²) in [6, 6.07) is 0. The minimum Gasteiger partial charge on any atom is -0.394 e. The third kappa shape index (κ3) is 21.2. The molecule has 0 bridgehead atoms. The number of hydrogen-bond donors (Lipinski definition) is 2. The third-order valence-corrected chi connectivity index (χ3v) is 4.07. The monoisotopic (exact) mass is 456 g/mol. The minimum atomic E-state index is -0.676. The van der Waals surface area contributed by atoms with Gasteiger partial charge in [0.25, 0.3) is 0 Å². The first-order chi connectivity index (χ1) is 14.9. The van der Waals surface area contributed by atoms with Crippen molar-refractivity contribution >= 4 is 0 Å². The van der Waals surface area contributed by atoms with Gasteiger partial charge in [0.2, 0.25) is 0 Å². The molecule has 188 valence electrons. The third-order valence-electron chi connectivity index (χ3n) is 4.07. The van der Waals surface area contributed by atoms with Gasteiger partial charge in [0.15, 0.2) is 5.79 Å². The number of aliphatic hydroxyl groups excluding tert-OH is 2. The van der Waals surface area contributed by atoms with Crippen molar-refractivity contribution < 1.29 is 48.1 Å². The second-order valence-corrected chi connectivity index (χ2v) is 7.30. The number of hydrogen-bond acceptors (Lipinski definition) is 10. The van der Waals surface area contributed by atoms with Crippen LogP contribution in [0, 0.1) is 0 Å². The molecule has 1 heterocycles. The van der Waals surface area contributed by atoms with Crippen molar-refractivity contribution in [1.29, 1.82) is 0 Å². The second kappa shape index (κ2) is 21.4. The lowest BCUT2D eigenvalue weighted by Crippen LogP contribution is -2.22. The van der Waals surface area contributed by atoms with Gasteiger partial charge in [-0.25, -0.2) is 0 Å². The summed E-state index contributed by atoms with van der Waals surface area (Å²) in [5.41, 5.74) is 0. The van der Waals surface area contributed by atoms with Crippen LogP contribution in [0.15, 0.2) is 0 Å². The first kappa shape index (κ1) is 30.6. The number of methoxy groups -OCH3 is 2. The van der Waals surface area contributed by atoms with Crippen molar-refractivity contribution in [3.63, 3.8) is 0 Å². The molecule has 1 rings (SSSR count). The van der Waals surface area contributed by atoms with E-state index in [0.717, 1.165) is 6.42 Å². The molecule has 0 saturated carbocycles. The lowest BCUT2D eigenvalue weighted by molar-refractivity contribution is -0.140. The molecule has 0 spiro atoms. The zero-order valence-electron chi connectivity index (χ0n) is 19.7. The predicted molar refractivity (Wildman–Crippen MR) is 114 cm³/mol. The Labute approximate surface area is 187 Å². The molecule has 10 heteroatoms. The highest BCUT2D eigenvalue weighted by atomic mass is 16.7. The van der Waals surface area contributed by atoms with Crippen LogP contribution in [-0.2, 0) is 37.9 Å². The Morgan fingerprint density at radius 1 is 0.806 bits per heavy atom.